The van der Waals surface area contributed by atoms with Gasteiger partial charge in [-0.1, -0.05) is 24.3 Å². The molecular weight excluding hydrogens is 873 g/mol. The van der Waals surface area contributed by atoms with Crippen LogP contribution in [0.2, 0.25) is 0 Å². The van der Waals surface area contributed by atoms with Crippen molar-refractivity contribution in [2.45, 2.75) is 83.6 Å². The van der Waals surface area contributed by atoms with Gasteiger partial charge < -0.3 is 62.9 Å². The van der Waals surface area contributed by atoms with E-state index in [1.165, 1.54) is 5.56 Å². The van der Waals surface area contributed by atoms with Gasteiger partial charge in [-0.25, -0.2) is 9.59 Å². The summed E-state index contributed by atoms with van der Waals surface area (Å²) < 4.78 is 35.0. The first kappa shape index (κ1) is 51.9. The fourth-order valence-corrected chi connectivity index (χ4v) is 10.3. The number of carbonyl (C=O) groups is 2. The number of aliphatic hydroxyl groups is 5. The maximum Gasteiger partial charge on any atom is 0.331 e. The molecule has 2 heterocycles. The molecule has 0 radical (unpaired) electrons. The summed E-state index contributed by atoms with van der Waals surface area (Å²) in [7, 11) is 10.8. The lowest BCUT2D eigenvalue weighted by atomic mass is 9.83. The van der Waals surface area contributed by atoms with Gasteiger partial charge in [0.05, 0.1) is 115 Å². The number of likely N-dealkylation sites (N-methyl/N-ethyl adjacent to an activating group) is 2. The van der Waals surface area contributed by atoms with Crippen molar-refractivity contribution in [2.24, 2.45) is 0 Å². The Bertz CT molecular complexity index is 2390. The van der Waals surface area contributed by atoms with Crippen LogP contribution in [0, 0.1) is 0 Å². The molecular formula is C53H70N2O13+2. The normalized spacial score (nSPS) is 19.8. The highest BCUT2D eigenvalue weighted by Gasteiger charge is 2.41. The van der Waals surface area contributed by atoms with Crippen molar-refractivity contribution in [3.8, 4) is 23.0 Å². The van der Waals surface area contributed by atoms with Crippen LogP contribution in [-0.4, -0.2) is 128 Å². The van der Waals surface area contributed by atoms with Gasteiger partial charge in [-0.2, -0.15) is 0 Å². The number of carbonyl (C=O) groups excluding carboxylic acids is 2. The molecule has 0 aromatic heterocycles. The van der Waals surface area contributed by atoms with Gasteiger partial charge in [0.15, 0.2) is 23.0 Å². The number of methoxy groups -OCH3 is 4. The molecule has 2 aliphatic rings. The minimum Gasteiger partial charge on any atom is -0.493 e. The van der Waals surface area contributed by atoms with Gasteiger partial charge in [-0.15, -0.1) is 0 Å². The molecule has 0 aliphatic carbocycles. The highest BCUT2D eigenvalue weighted by molar-refractivity contribution is 5.91. The first-order chi connectivity index (χ1) is 32.8. The minimum absolute atomic E-state index is 0.0289. The summed E-state index contributed by atoms with van der Waals surface area (Å²) in [4.78, 5) is 25.6. The molecule has 0 amide bonds. The lowest BCUT2D eigenvalue weighted by molar-refractivity contribution is -0.941. The van der Waals surface area contributed by atoms with Crippen molar-refractivity contribution < 1.29 is 72.5 Å². The maximum absolute atomic E-state index is 12.8. The van der Waals surface area contributed by atoms with E-state index in [9.17, 15) is 35.1 Å². The molecule has 0 bridgehead atoms. The summed E-state index contributed by atoms with van der Waals surface area (Å²) in [6.45, 7) is 2.33. The van der Waals surface area contributed by atoms with Crippen LogP contribution in [0.25, 0.3) is 0 Å². The van der Waals surface area contributed by atoms with Gasteiger partial charge in [0.2, 0.25) is 0 Å². The Labute approximate surface area is 399 Å². The number of aliphatic hydroxyl groups excluding tert-OH is 5. The predicted octanol–water partition coefficient (Wildman–Crippen LogP) is 4.88. The fraction of sp³-hybridized carbons (Fsp3) is 0.472. The number of benzene rings is 4. The van der Waals surface area contributed by atoms with Crippen molar-refractivity contribution in [1.82, 2.24) is 0 Å². The molecule has 5 N–H and O–H groups in total. The lowest BCUT2D eigenvalue weighted by Crippen LogP contribution is -2.52. The van der Waals surface area contributed by atoms with Crippen molar-refractivity contribution in [3.05, 3.63) is 128 Å². The Balaban J connectivity index is 1.05. The van der Waals surface area contributed by atoms with E-state index in [0.717, 1.165) is 65.9 Å². The number of hydrogen-bond donors (Lipinski definition) is 5. The molecule has 0 unspecified atom stereocenters. The smallest absolute Gasteiger partial charge is 0.331 e. The molecule has 0 spiro atoms. The molecule has 0 saturated carbocycles. The third-order valence-electron chi connectivity index (χ3n) is 14.2. The summed E-state index contributed by atoms with van der Waals surface area (Å²) in [6, 6.07) is 17.6. The number of nitrogens with zero attached hydrogens (tertiary/aromatic N) is 2. The Kier molecular flexibility index (Phi) is 18.0. The highest BCUT2D eigenvalue weighted by Crippen LogP contribution is 2.44. The van der Waals surface area contributed by atoms with Crippen LogP contribution < -0.4 is 18.9 Å². The standard InChI is InChI=1S/C53H70N2O13/c1-54(17-13-37-26-41(32-58)42(33-59)27-44(37)46(54)23-35-9-10-39(30-56)40(21-35)31-57)15-7-19-67-51(61)11-12-52(62)68-20-8-16-55(2)18-14-38-28-48(63-3)49(64-4)29-45(38)47(55)24-36-22-43(34-60)53(66-6)50(25-36)65-5/h9-12,21-22,25-29,46-47,56-60H,7-8,13-20,23-24,30-34H2,1-6H3/q+2/b12-11-/t46-,47-,54-,55-/m1/s1. The molecule has 4 aromatic carbocycles. The molecule has 0 fully saturated rings. The summed E-state index contributed by atoms with van der Waals surface area (Å²) in [5, 5.41) is 50.2. The van der Waals surface area contributed by atoms with Crippen molar-refractivity contribution in [2.75, 3.05) is 81.9 Å². The van der Waals surface area contributed by atoms with Crippen LogP contribution in [0.5, 0.6) is 23.0 Å². The number of rotatable bonds is 23. The van der Waals surface area contributed by atoms with Gasteiger partial charge in [0, 0.05) is 67.4 Å². The van der Waals surface area contributed by atoms with Crippen LogP contribution in [-0.2, 0) is 77.8 Å². The summed E-state index contributed by atoms with van der Waals surface area (Å²) >= 11 is 0. The van der Waals surface area contributed by atoms with E-state index in [2.05, 4.69) is 20.2 Å². The van der Waals surface area contributed by atoms with E-state index in [0.29, 0.717) is 98.6 Å². The first-order valence-electron chi connectivity index (χ1n) is 23.3. The molecule has 0 saturated heterocycles. The molecule has 15 nitrogen and oxygen atoms in total. The van der Waals surface area contributed by atoms with Crippen LogP contribution in [0.3, 0.4) is 0 Å². The molecule has 4 aromatic rings. The Morgan fingerprint density at radius 1 is 0.544 bits per heavy atom. The predicted molar refractivity (Wildman–Crippen MR) is 254 cm³/mol. The van der Waals surface area contributed by atoms with Gasteiger partial charge in [0.25, 0.3) is 0 Å². The topological polar surface area (TPSA) is 191 Å². The zero-order chi connectivity index (χ0) is 49.0. The number of fused-ring (bicyclic) bond motifs is 2. The minimum atomic E-state index is -0.644. The Morgan fingerprint density at radius 3 is 1.54 bits per heavy atom. The van der Waals surface area contributed by atoms with E-state index in [4.69, 9.17) is 28.4 Å². The monoisotopic (exact) mass is 942 g/mol. The summed E-state index contributed by atoms with van der Waals surface area (Å²) in [5.74, 6) is 1.06. The Hall–Kier alpha value is -5.52. The SMILES string of the molecule is COc1cc2c(cc1OC)[C@@H](Cc1cc(CO)c(OC)c(OC)c1)[N@+](C)(CCCOC(=O)/C=C\C(=O)OCCC[N@+]1(C)CCc3cc(CO)c(CO)cc3[C@H]1Cc1ccc(CO)c(CO)c1)CC2. The molecule has 368 valence electrons. The zero-order valence-electron chi connectivity index (χ0n) is 40.4. The third kappa shape index (κ3) is 11.8. The van der Waals surface area contributed by atoms with Crippen molar-refractivity contribution >= 4 is 11.9 Å². The first-order valence-corrected chi connectivity index (χ1v) is 23.3. The van der Waals surface area contributed by atoms with Crippen molar-refractivity contribution in [1.29, 1.82) is 0 Å². The van der Waals surface area contributed by atoms with Gasteiger partial charge in [0.1, 0.15) is 12.1 Å². The summed E-state index contributed by atoms with van der Waals surface area (Å²) in [5.41, 5.74) is 9.83. The number of ether oxygens (including phenoxy) is 6. The quantitative estimate of drug-likeness (QED) is 0.0293. The molecule has 4 atom stereocenters. The van der Waals surface area contributed by atoms with Gasteiger partial charge in [-0.3, -0.25) is 0 Å². The van der Waals surface area contributed by atoms with Gasteiger partial charge in [-0.05, 0) is 74.8 Å². The van der Waals surface area contributed by atoms with E-state index >= 15 is 0 Å². The van der Waals surface area contributed by atoms with E-state index < -0.39 is 11.9 Å². The zero-order valence-corrected chi connectivity index (χ0v) is 40.4. The Morgan fingerprint density at radius 2 is 1.01 bits per heavy atom. The molecule has 68 heavy (non-hydrogen) atoms. The second-order valence-corrected chi connectivity index (χ2v) is 18.3. The number of quaternary nitrogens is 2. The van der Waals surface area contributed by atoms with Crippen LogP contribution in [0.4, 0.5) is 0 Å². The maximum atomic E-state index is 12.8. The van der Waals surface area contributed by atoms with E-state index in [1.54, 1.807) is 28.4 Å². The largest absolute Gasteiger partial charge is 0.493 e. The van der Waals surface area contributed by atoms with E-state index in [-0.39, 0.29) is 58.3 Å². The van der Waals surface area contributed by atoms with E-state index in [1.807, 2.05) is 48.5 Å². The third-order valence-corrected chi connectivity index (χ3v) is 14.2. The fourth-order valence-electron chi connectivity index (χ4n) is 10.3. The number of hydrogen-bond acceptors (Lipinski definition) is 13. The average Bonchev–Trinajstić information content (AvgIpc) is 3.36. The highest BCUT2D eigenvalue weighted by atomic mass is 16.5. The molecule has 15 heteroatoms. The van der Waals surface area contributed by atoms with Crippen LogP contribution >= 0.6 is 0 Å². The number of esters is 2. The van der Waals surface area contributed by atoms with Crippen LogP contribution in [0.15, 0.2) is 66.7 Å². The molecule has 6 rings (SSSR count). The lowest BCUT2D eigenvalue weighted by Gasteiger charge is -2.46. The second-order valence-electron chi connectivity index (χ2n) is 18.3. The molecule has 2 aliphatic heterocycles. The van der Waals surface area contributed by atoms with Crippen LogP contribution in [0.1, 0.15) is 86.1 Å². The average molecular weight is 943 g/mol. The van der Waals surface area contributed by atoms with Crippen molar-refractivity contribution in [3.63, 3.8) is 0 Å². The summed E-state index contributed by atoms with van der Waals surface area (Å²) in [6.07, 6.45) is 6.13. The van der Waals surface area contributed by atoms with Gasteiger partial charge >= 0.3 is 11.9 Å². The second kappa shape index (κ2) is 23.7.